The molecular formula is C8H9N5O2S. The quantitative estimate of drug-likeness (QED) is 0.778. The lowest BCUT2D eigenvalue weighted by atomic mass is 10.2. The first-order valence-electron chi connectivity index (χ1n) is 4.45. The van der Waals surface area contributed by atoms with E-state index in [1.807, 2.05) is 0 Å². The molecule has 0 fully saturated rings. The molecule has 0 radical (unpaired) electrons. The summed E-state index contributed by atoms with van der Waals surface area (Å²) >= 11 is 1.15. The van der Waals surface area contributed by atoms with E-state index in [1.54, 1.807) is 20.0 Å². The Bertz CT molecular complexity index is 538. The number of carboxylic acid groups (broad SMARTS) is 1. The fourth-order valence-corrected chi connectivity index (χ4v) is 1.97. The molecule has 0 unspecified atom stereocenters. The molecule has 0 aliphatic heterocycles. The van der Waals surface area contributed by atoms with E-state index >= 15 is 0 Å². The molecule has 0 spiro atoms. The predicted octanol–water partition coefficient (Wildman–Crippen LogP) is 0.475. The summed E-state index contributed by atoms with van der Waals surface area (Å²) in [6.45, 7) is 3.23. The second kappa shape index (κ2) is 3.71. The van der Waals surface area contributed by atoms with Crippen molar-refractivity contribution in [2.24, 2.45) is 0 Å². The number of nitrogens with zero attached hydrogens (tertiary/aromatic N) is 5. The fraction of sp³-hybridized carbons (Fsp3) is 0.375. The number of tetrazole rings is 1. The van der Waals surface area contributed by atoms with Crippen LogP contribution in [0.1, 0.15) is 13.8 Å². The van der Waals surface area contributed by atoms with Crippen LogP contribution in [0.5, 0.6) is 0 Å². The summed E-state index contributed by atoms with van der Waals surface area (Å²) in [5.41, 5.74) is 0.492. The normalized spacial score (nSPS) is 11.9. The van der Waals surface area contributed by atoms with E-state index in [4.69, 9.17) is 5.11 Å². The first-order valence-corrected chi connectivity index (χ1v) is 5.27. The number of thioether (sulfide) groups is 1. The molecule has 0 atom stereocenters. The van der Waals surface area contributed by atoms with Crippen molar-refractivity contribution in [3.05, 3.63) is 12.4 Å². The highest BCUT2D eigenvalue weighted by Crippen LogP contribution is 2.31. The minimum atomic E-state index is -0.956. The molecule has 0 bridgehead atoms. The Morgan fingerprint density at radius 3 is 2.94 bits per heavy atom. The topological polar surface area (TPSA) is 93.3 Å². The maximum absolute atomic E-state index is 11.0. The molecule has 0 saturated heterocycles. The van der Waals surface area contributed by atoms with Crippen molar-refractivity contribution < 1.29 is 9.90 Å². The smallest absolute Gasteiger partial charge is 0.319 e. The molecule has 2 rings (SSSR count). The molecule has 1 N–H and O–H groups in total. The zero-order chi connectivity index (χ0) is 11.8. The molecule has 8 heteroatoms. The first-order chi connectivity index (χ1) is 7.50. The van der Waals surface area contributed by atoms with Gasteiger partial charge in [0.2, 0.25) is 0 Å². The molecule has 0 saturated carbocycles. The van der Waals surface area contributed by atoms with Crippen molar-refractivity contribution in [1.82, 2.24) is 25.0 Å². The number of rotatable bonds is 3. The van der Waals surface area contributed by atoms with E-state index < -0.39 is 10.7 Å². The van der Waals surface area contributed by atoms with Gasteiger partial charge in [-0.3, -0.25) is 9.78 Å². The third-order valence-corrected chi connectivity index (χ3v) is 3.12. The zero-order valence-electron chi connectivity index (χ0n) is 8.65. The second-order valence-electron chi connectivity index (χ2n) is 3.61. The Morgan fingerprint density at radius 1 is 1.50 bits per heavy atom. The summed E-state index contributed by atoms with van der Waals surface area (Å²) in [6, 6.07) is 0. The van der Waals surface area contributed by atoms with Gasteiger partial charge in [-0.25, -0.2) is 0 Å². The Morgan fingerprint density at radius 2 is 2.25 bits per heavy atom. The van der Waals surface area contributed by atoms with Crippen molar-refractivity contribution >= 4 is 23.4 Å². The standard InChI is InChI=1S/C8H9N5O2S/c1-8(2,7(14)15)16-6-4-9-3-5-10-11-12-13(5)6/h3-4H,1-2H3,(H,14,15). The van der Waals surface area contributed by atoms with Crippen LogP contribution in [0.25, 0.3) is 5.65 Å². The maximum atomic E-state index is 11.0. The zero-order valence-corrected chi connectivity index (χ0v) is 9.47. The molecule has 0 aliphatic carbocycles. The van der Waals surface area contributed by atoms with Crippen molar-refractivity contribution in [3.8, 4) is 0 Å². The van der Waals surface area contributed by atoms with E-state index in [0.29, 0.717) is 10.7 Å². The Kier molecular flexibility index (Phi) is 2.50. The van der Waals surface area contributed by atoms with Crippen LogP contribution in [0.4, 0.5) is 0 Å². The molecule has 84 valence electrons. The van der Waals surface area contributed by atoms with Gasteiger partial charge in [-0.05, 0) is 24.3 Å². The molecule has 7 nitrogen and oxygen atoms in total. The van der Waals surface area contributed by atoms with Crippen molar-refractivity contribution in [2.75, 3.05) is 0 Å². The fourth-order valence-electron chi connectivity index (χ4n) is 1.03. The molecule has 0 amide bonds. The van der Waals surface area contributed by atoms with Gasteiger partial charge in [0.15, 0.2) is 5.65 Å². The minimum Gasteiger partial charge on any atom is -0.480 e. The van der Waals surface area contributed by atoms with E-state index in [0.717, 1.165) is 11.8 Å². The third kappa shape index (κ3) is 1.83. The number of fused-ring (bicyclic) bond motifs is 1. The van der Waals surface area contributed by atoms with Crippen molar-refractivity contribution in [3.63, 3.8) is 0 Å². The highest BCUT2D eigenvalue weighted by Gasteiger charge is 2.29. The van der Waals surface area contributed by atoms with Crippen LogP contribution in [0.3, 0.4) is 0 Å². The Balaban J connectivity index is 2.41. The minimum absolute atomic E-state index is 0.492. The summed E-state index contributed by atoms with van der Waals surface area (Å²) in [6.07, 6.45) is 3.05. The monoisotopic (exact) mass is 239 g/mol. The lowest BCUT2D eigenvalue weighted by Crippen LogP contribution is -2.27. The van der Waals surface area contributed by atoms with Crippen molar-refractivity contribution in [1.29, 1.82) is 0 Å². The van der Waals surface area contributed by atoms with Gasteiger partial charge in [0.1, 0.15) is 9.77 Å². The molecule has 0 aromatic carbocycles. The first kappa shape index (κ1) is 10.8. The summed E-state index contributed by atoms with van der Waals surface area (Å²) in [5.74, 6) is -0.900. The van der Waals surface area contributed by atoms with Gasteiger partial charge >= 0.3 is 5.97 Å². The number of aliphatic carboxylic acids is 1. The Hall–Kier alpha value is -1.70. The van der Waals surface area contributed by atoms with Crippen molar-refractivity contribution in [2.45, 2.75) is 23.6 Å². The third-order valence-electron chi connectivity index (χ3n) is 1.95. The largest absolute Gasteiger partial charge is 0.480 e. The van der Waals surface area contributed by atoms with Crippen LogP contribution >= 0.6 is 11.8 Å². The van der Waals surface area contributed by atoms with Crippen LogP contribution < -0.4 is 0 Å². The molecule has 2 aromatic rings. The van der Waals surface area contributed by atoms with Gasteiger partial charge in [-0.2, -0.15) is 4.52 Å². The van der Waals surface area contributed by atoms with Gasteiger partial charge in [0.25, 0.3) is 0 Å². The van der Waals surface area contributed by atoms with Gasteiger partial charge < -0.3 is 5.11 Å². The van der Waals surface area contributed by atoms with Gasteiger partial charge in [-0.1, -0.05) is 11.8 Å². The average molecular weight is 239 g/mol. The van der Waals surface area contributed by atoms with Crippen LogP contribution in [-0.4, -0.2) is 40.8 Å². The van der Waals surface area contributed by atoms with E-state index in [-0.39, 0.29) is 0 Å². The molecule has 16 heavy (non-hydrogen) atoms. The van der Waals surface area contributed by atoms with E-state index in [2.05, 4.69) is 20.5 Å². The highest BCUT2D eigenvalue weighted by molar-refractivity contribution is 8.01. The summed E-state index contributed by atoms with van der Waals surface area (Å²) < 4.78 is 0.504. The highest BCUT2D eigenvalue weighted by atomic mass is 32.2. The van der Waals surface area contributed by atoms with E-state index in [1.165, 1.54) is 10.7 Å². The molecular weight excluding hydrogens is 230 g/mol. The number of hydrogen-bond donors (Lipinski definition) is 1. The molecule has 2 aromatic heterocycles. The lowest BCUT2D eigenvalue weighted by Gasteiger charge is -2.17. The van der Waals surface area contributed by atoms with Crippen LogP contribution in [-0.2, 0) is 4.79 Å². The van der Waals surface area contributed by atoms with Crippen LogP contribution in [0.2, 0.25) is 0 Å². The number of aromatic nitrogens is 5. The number of hydrogen-bond acceptors (Lipinski definition) is 6. The van der Waals surface area contributed by atoms with Crippen LogP contribution in [0.15, 0.2) is 17.4 Å². The molecule has 2 heterocycles. The maximum Gasteiger partial charge on any atom is 0.319 e. The van der Waals surface area contributed by atoms with E-state index in [9.17, 15) is 4.79 Å². The second-order valence-corrected chi connectivity index (χ2v) is 5.25. The number of carbonyl (C=O) groups is 1. The predicted molar refractivity (Wildman–Crippen MR) is 56.1 cm³/mol. The Labute approximate surface area is 94.9 Å². The lowest BCUT2D eigenvalue weighted by molar-refractivity contribution is -0.138. The van der Waals surface area contributed by atoms with Crippen LogP contribution in [0, 0.1) is 0 Å². The summed E-state index contributed by atoms with van der Waals surface area (Å²) in [5, 5.41) is 20.6. The van der Waals surface area contributed by atoms with Gasteiger partial charge in [-0.15, -0.1) is 5.10 Å². The summed E-state index contributed by atoms with van der Waals surface area (Å²) in [7, 11) is 0. The average Bonchev–Trinajstić information content (AvgIpc) is 2.65. The molecule has 0 aliphatic rings. The van der Waals surface area contributed by atoms with Gasteiger partial charge in [0, 0.05) is 0 Å². The van der Waals surface area contributed by atoms with Gasteiger partial charge in [0.05, 0.1) is 12.4 Å². The SMILES string of the molecule is CC(C)(Sc1cncc2nnnn12)C(=O)O. The number of carboxylic acids is 1. The summed E-state index contributed by atoms with van der Waals surface area (Å²) in [4.78, 5) is 14.9.